The summed E-state index contributed by atoms with van der Waals surface area (Å²) in [7, 11) is 0. The fraction of sp³-hybridized carbons (Fsp3) is 0.222. The van der Waals surface area contributed by atoms with Gasteiger partial charge in [0.05, 0.1) is 17.4 Å². The molecule has 0 fully saturated rings. The number of benzene rings is 1. The monoisotopic (exact) mass is 194 g/mol. The molecule has 72 valence electrons. The summed E-state index contributed by atoms with van der Waals surface area (Å²) >= 11 is 0. The van der Waals surface area contributed by atoms with E-state index in [2.05, 4.69) is 0 Å². The molecular weight excluding hydrogens is 187 g/mol. The Morgan fingerprint density at radius 2 is 2.29 bits per heavy atom. The Kier molecular flexibility index (Phi) is 2.77. The number of hydrogen-bond donors (Lipinski definition) is 0. The quantitative estimate of drug-likeness (QED) is 0.534. The molecule has 1 rings (SSSR count). The summed E-state index contributed by atoms with van der Waals surface area (Å²) in [6, 6.07) is 3.99. The maximum absolute atomic E-state index is 13.3. The minimum absolute atomic E-state index is 0.0687. The van der Waals surface area contributed by atoms with E-state index in [0.29, 0.717) is 0 Å². The largest absolute Gasteiger partial charge is 0.270 e. The number of rotatable bonds is 2. The van der Waals surface area contributed by atoms with Gasteiger partial charge >= 0.3 is 0 Å². The first-order chi connectivity index (χ1) is 6.56. The number of nitro benzene ring substituents is 1. The average Bonchev–Trinajstić information content (AvgIpc) is 2.12. The Hall–Kier alpha value is -1.96. The molecule has 0 atom stereocenters. The first-order valence-corrected chi connectivity index (χ1v) is 3.86. The highest BCUT2D eigenvalue weighted by molar-refractivity contribution is 5.40. The lowest BCUT2D eigenvalue weighted by Crippen LogP contribution is -1.96. The van der Waals surface area contributed by atoms with E-state index < -0.39 is 10.7 Å². The van der Waals surface area contributed by atoms with E-state index in [-0.39, 0.29) is 23.2 Å². The lowest BCUT2D eigenvalue weighted by atomic mass is 10.1. The second-order valence-corrected chi connectivity index (χ2v) is 2.83. The van der Waals surface area contributed by atoms with Crippen molar-refractivity contribution in [3.8, 4) is 6.07 Å². The number of nitriles is 1. The molecule has 0 N–H and O–H groups in total. The van der Waals surface area contributed by atoms with E-state index in [1.54, 1.807) is 6.07 Å². The van der Waals surface area contributed by atoms with Gasteiger partial charge in [0.1, 0.15) is 5.82 Å². The van der Waals surface area contributed by atoms with Crippen LogP contribution in [0, 0.1) is 34.2 Å². The van der Waals surface area contributed by atoms with Gasteiger partial charge in [-0.3, -0.25) is 10.1 Å². The molecule has 0 amide bonds. The molecule has 0 unspecified atom stereocenters. The van der Waals surface area contributed by atoms with Crippen molar-refractivity contribution < 1.29 is 9.31 Å². The van der Waals surface area contributed by atoms with Crippen LogP contribution >= 0.6 is 0 Å². The minimum Gasteiger partial charge on any atom is -0.258 e. The van der Waals surface area contributed by atoms with E-state index >= 15 is 0 Å². The molecule has 0 saturated carbocycles. The van der Waals surface area contributed by atoms with Gasteiger partial charge in [-0.15, -0.1) is 0 Å². The van der Waals surface area contributed by atoms with Gasteiger partial charge in [0.2, 0.25) is 0 Å². The molecule has 5 heteroatoms. The van der Waals surface area contributed by atoms with Crippen molar-refractivity contribution in [2.24, 2.45) is 0 Å². The fourth-order valence-corrected chi connectivity index (χ4v) is 1.14. The summed E-state index contributed by atoms with van der Waals surface area (Å²) in [5, 5.41) is 18.8. The summed E-state index contributed by atoms with van der Waals surface area (Å²) in [5.41, 5.74) is 0.0674. The van der Waals surface area contributed by atoms with Crippen LogP contribution in [-0.4, -0.2) is 4.92 Å². The van der Waals surface area contributed by atoms with Gasteiger partial charge in [0.25, 0.3) is 5.69 Å². The van der Waals surface area contributed by atoms with Crippen molar-refractivity contribution in [1.82, 2.24) is 0 Å². The Morgan fingerprint density at radius 1 is 1.64 bits per heavy atom. The fourth-order valence-electron chi connectivity index (χ4n) is 1.14. The van der Waals surface area contributed by atoms with Crippen LogP contribution in [0.4, 0.5) is 10.1 Å². The van der Waals surface area contributed by atoms with Crippen LogP contribution in [0.25, 0.3) is 0 Å². The van der Waals surface area contributed by atoms with Crippen molar-refractivity contribution in [1.29, 1.82) is 5.26 Å². The first kappa shape index (κ1) is 10.1. The molecule has 0 bridgehead atoms. The topological polar surface area (TPSA) is 66.9 Å². The summed E-state index contributed by atoms with van der Waals surface area (Å²) < 4.78 is 13.3. The molecule has 0 aliphatic rings. The molecule has 0 spiro atoms. The van der Waals surface area contributed by atoms with Crippen LogP contribution in [0.2, 0.25) is 0 Å². The zero-order valence-electron chi connectivity index (χ0n) is 7.45. The van der Waals surface area contributed by atoms with Crippen LogP contribution in [0.5, 0.6) is 0 Å². The highest BCUT2D eigenvalue weighted by atomic mass is 19.1. The summed E-state index contributed by atoms with van der Waals surface area (Å²) in [6.07, 6.45) is -0.158. The molecule has 0 aromatic heterocycles. The molecule has 0 saturated heterocycles. The second kappa shape index (κ2) is 3.83. The molecule has 0 radical (unpaired) electrons. The molecule has 1 aromatic rings. The number of hydrogen-bond acceptors (Lipinski definition) is 3. The van der Waals surface area contributed by atoms with Gasteiger partial charge in [-0.1, -0.05) is 0 Å². The van der Waals surface area contributed by atoms with Crippen molar-refractivity contribution in [2.45, 2.75) is 13.3 Å². The zero-order chi connectivity index (χ0) is 10.7. The van der Waals surface area contributed by atoms with Gasteiger partial charge in [-0.2, -0.15) is 5.26 Å². The van der Waals surface area contributed by atoms with E-state index in [1.165, 1.54) is 6.92 Å². The predicted octanol–water partition coefficient (Wildman–Crippen LogP) is 2.11. The smallest absolute Gasteiger partial charge is 0.258 e. The number of halogens is 1. The molecule has 14 heavy (non-hydrogen) atoms. The van der Waals surface area contributed by atoms with Crippen LogP contribution in [0.3, 0.4) is 0 Å². The van der Waals surface area contributed by atoms with E-state index in [0.717, 1.165) is 12.1 Å². The van der Waals surface area contributed by atoms with E-state index in [4.69, 9.17) is 5.26 Å². The normalized spacial score (nSPS) is 9.50. The third kappa shape index (κ3) is 1.85. The number of nitro groups is 1. The Labute approximate surface area is 79.7 Å². The van der Waals surface area contributed by atoms with Crippen molar-refractivity contribution in [3.63, 3.8) is 0 Å². The van der Waals surface area contributed by atoms with Gasteiger partial charge in [-0.05, 0) is 12.5 Å². The molecule has 0 heterocycles. The highest BCUT2D eigenvalue weighted by Gasteiger charge is 2.13. The van der Waals surface area contributed by atoms with E-state index in [9.17, 15) is 14.5 Å². The first-order valence-electron chi connectivity index (χ1n) is 3.86. The van der Waals surface area contributed by atoms with Crippen molar-refractivity contribution in [2.75, 3.05) is 0 Å². The van der Waals surface area contributed by atoms with Crippen LogP contribution in [0.1, 0.15) is 11.1 Å². The lowest BCUT2D eigenvalue weighted by molar-refractivity contribution is -0.385. The molecule has 0 aliphatic carbocycles. The Morgan fingerprint density at radius 3 is 2.79 bits per heavy atom. The maximum atomic E-state index is 13.3. The maximum Gasteiger partial charge on any atom is 0.270 e. The van der Waals surface area contributed by atoms with Crippen LogP contribution in [-0.2, 0) is 6.42 Å². The summed E-state index contributed by atoms with van der Waals surface area (Å²) in [4.78, 5) is 9.82. The molecular formula is C9H7FN2O2. The Balaban J connectivity index is 3.29. The molecule has 4 nitrogen and oxygen atoms in total. The van der Waals surface area contributed by atoms with Crippen molar-refractivity contribution >= 4 is 5.69 Å². The van der Waals surface area contributed by atoms with Gasteiger partial charge in [0.15, 0.2) is 0 Å². The highest BCUT2D eigenvalue weighted by Crippen LogP contribution is 2.21. The van der Waals surface area contributed by atoms with Gasteiger partial charge in [0, 0.05) is 17.7 Å². The van der Waals surface area contributed by atoms with Crippen LogP contribution in [0.15, 0.2) is 12.1 Å². The summed E-state index contributed by atoms with van der Waals surface area (Å²) in [6.45, 7) is 1.43. The van der Waals surface area contributed by atoms with Gasteiger partial charge in [-0.25, -0.2) is 4.39 Å². The standard InChI is InChI=1S/C9H7FN2O2/c1-6-4-8(12(13)14)5-7(2-3-11)9(6)10/h4-5H,2H2,1H3. The molecule has 1 aromatic carbocycles. The number of nitrogens with zero attached hydrogens (tertiary/aromatic N) is 2. The minimum atomic E-state index is -0.604. The second-order valence-electron chi connectivity index (χ2n) is 2.83. The number of non-ortho nitro benzene ring substituents is 1. The van der Waals surface area contributed by atoms with Crippen molar-refractivity contribution in [3.05, 3.63) is 39.2 Å². The zero-order valence-corrected chi connectivity index (χ0v) is 7.45. The Bertz CT molecular complexity index is 424. The predicted molar refractivity (Wildman–Crippen MR) is 47.1 cm³/mol. The third-order valence-electron chi connectivity index (χ3n) is 1.79. The van der Waals surface area contributed by atoms with Crippen LogP contribution < -0.4 is 0 Å². The third-order valence-corrected chi connectivity index (χ3v) is 1.79. The van der Waals surface area contributed by atoms with Gasteiger partial charge < -0.3 is 0 Å². The average molecular weight is 194 g/mol. The number of aryl methyl sites for hydroxylation is 1. The molecule has 0 aliphatic heterocycles. The summed E-state index contributed by atoms with van der Waals surface area (Å²) in [5.74, 6) is -0.544. The SMILES string of the molecule is Cc1cc([N+](=O)[O-])cc(CC#N)c1F. The van der Waals surface area contributed by atoms with E-state index in [1.807, 2.05) is 0 Å². The lowest BCUT2D eigenvalue weighted by Gasteiger charge is -2.01.